The minimum atomic E-state index is -1.58. The lowest BCUT2D eigenvalue weighted by Crippen LogP contribution is -2.49. The van der Waals surface area contributed by atoms with Crippen molar-refractivity contribution in [2.45, 2.75) is 105 Å². The number of rotatable bonds is 11. The maximum atomic E-state index is 14.3. The van der Waals surface area contributed by atoms with E-state index in [2.05, 4.69) is 13.8 Å². The first kappa shape index (κ1) is 30.8. The number of primary amides is 1. The van der Waals surface area contributed by atoms with E-state index in [0.717, 1.165) is 19.3 Å². The average Bonchev–Trinajstić information content (AvgIpc) is 3.02. The van der Waals surface area contributed by atoms with Crippen LogP contribution >= 0.6 is 0 Å². The van der Waals surface area contributed by atoms with Gasteiger partial charge in [0, 0.05) is 42.1 Å². The van der Waals surface area contributed by atoms with Gasteiger partial charge < -0.3 is 20.5 Å². The van der Waals surface area contributed by atoms with Crippen molar-refractivity contribution >= 4 is 29.2 Å². The highest BCUT2D eigenvalue weighted by atomic mass is 16.5. The number of carbonyl (C=O) groups is 5. The van der Waals surface area contributed by atoms with Crippen LogP contribution in [-0.4, -0.2) is 70.6 Å². The summed E-state index contributed by atoms with van der Waals surface area (Å²) in [5, 5.41) is 10.3. The van der Waals surface area contributed by atoms with E-state index >= 15 is 0 Å². The molecule has 4 rings (SSSR count). The van der Waals surface area contributed by atoms with Crippen molar-refractivity contribution in [2.24, 2.45) is 45.1 Å². The van der Waals surface area contributed by atoms with Gasteiger partial charge in [-0.15, -0.1) is 0 Å². The van der Waals surface area contributed by atoms with Crippen LogP contribution in [0.4, 0.5) is 0 Å². The first-order valence-electron chi connectivity index (χ1n) is 14.8. The number of hydrogen-bond donors (Lipinski definition) is 2. The lowest BCUT2D eigenvalue weighted by Gasteiger charge is -2.36. The number of ketones is 3. The van der Waals surface area contributed by atoms with Crippen LogP contribution in [0.15, 0.2) is 0 Å². The van der Waals surface area contributed by atoms with Crippen LogP contribution in [0.5, 0.6) is 0 Å². The number of nitrogens with two attached hydrogens (primary N) is 1. The number of nitrogens with zero attached hydrogens (tertiary/aromatic N) is 1. The molecular weight excluding hydrogens is 512 g/mol. The van der Waals surface area contributed by atoms with Gasteiger partial charge >= 0.3 is 0 Å². The molecule has 40 heavy (non-hydrogen) atoms. The number of hydrogen-bond acceptors (Lipinski definition) is 7. The second kappa shape index (κ2) is 10.0. The fourth-order valence-electron chi connectivity index (χ4n) is 7.82. The standard InChI is InChI=1S/C31H48N2O7/c1-27(2,3)20(13-23(35)28(4,5)39)26(38)33-15-30(29(6,7)31(30)16-40-17-31)14-21(33)22(34)12-19(24(36)25(32)37)11-18-9-8-10-18/h18-21,39H,8-17H2,1-7H3,(H2,32,37)/t19?,20-,21+,30-/m1/s1. The van der Waals surface area contributed by atoms with Crippen molar-refractivity contribution in [1.29, 1.82) is 0 Å². The third-order valence-corrected chi connectivity index (χ3v) is 11.3. The first-order valence-corrected chi connectivity index (χ1v) is 14.8. The molecule has 9 heteroatoms. The molecule has 0 bridgehead atoms. The second-order valence-electron chi connectivity index (χ2n) is 15.2. The third-order valence-electron chi connectivity index (χ3n) is 11.3. The topological polar surface area (TPSA) is 144 Å². The first-order chi connectivity index (χ1) is 18.3. The highest BCUT2D eigenvalue weighted by Gasteiger charge is 2.86. The molecule has 2 aliphatic heterocycles. The largest absolute Gasteiger partial charge is 0.383 e. The Hall–Kier alpha value is -2.13. The van der Waals surface area contributed by atoms with Gasteiger partial charge in [-0.3, -0.25) is 24.0 Å². The maximum Gasteiger partial charge on any atom is 0.285 e. The molecule has 3 N–H and O–H groups in total. The number of amides is 2. The van der Waals surface area contributed by atoms with Gasteiger partial charge in [0.15, 0.2) is 11.6 Å². The minimum absolute atomic E-state index is 0.123. The molecule has 0 aromatic rings. The summed E-state index contributed by atoms with van der Waals surface area (Å²) in [6, 6.07) is -0.765. The van der Waals surface area contributed by atoms with Gasteiger partial charge in [-0.25, -0.2) is 0 Å². The van der Waals surface area contributed by atoms with Crippen molar-refractivity contribution in [1.82, 2.24) is 4.90 Å². The molecule has 4 atom stereocenters. The molecule has 1 unspecified atom stereocenters. The molecule has 2 heterocycles. The number of likely N-dealkylation sites (tertiary alicyclic amines) is 1. The van der Waals surface area contributed by atoms with Crippen LogP contribution < -0.4 is 5.73 Å². The predicted molar refractivity (Wildman–Crippen MR) is 148 cm³/mol. The monoisotopic (exact) mass is 560 g/mol. The van der Waals surface area contributed by atoms with Crippen LogP contribution in [0.3, 0.4) is 0 Å². The second-order valence-corrected chi connectivity index (χ2v) is 15.2. The Morgan fingerprint density at radius 2 is 1.60 bits per heavy atom. The van der Waals surface area contributed by atoms with Gasteiger partial charge in [0.25, 0.3) is 5.91 Å². The lowest BCUT2D eigenvalue weighted by molar-refractivity contribution is -0.149. The summed E-state index contributed by atoms with van der Waals surface area (Å²) in [6.07, 6.45) is 3.65. The molecule has 224 valence electrons. The molecule has 0 radical (unpaired) electrons. The molecule has 2 aliphatic carbocycles. The van der Waals surface area contributed by atoms with Gasteiger partial charge in [-0.2, -0.15) is 0 Å². The maximum absolute atomic E-state index is 14.3. The average molecular weight is 561 g/mol. The zero-order chi connectivity index (χ0) is 30.1. The van der Waals surface area contributed by atoms with Crippen molar-refractivity contribution < 1.29 is 33.8 Å². The summed E-state index contributed by atoms with van der Waals surface area (Å²) in [6.45, 7) is 14.4. The van der Waals surface area contributed by atoms with Gasteiger partial charge in [-0.1, -0.05) is 53.9 Å². The molecular formula is C31H48N2O7. The van der Waals surface area contributed by atoms with Crippen molar-refractivity contribution in [3.8, 4) is 0 Å². The Balaban J connectivity index is 1.65. The van der Waals surface area contributed by atoms with Gasteiger partial charge in [0.05, 0.1) is 19.3 Å². The minimum Gasteiger partial charge on any atom is -0.383 e. The highest BCUT2D eigenvalue weighted by Crippen LogP contribution is 2.84. The van der Waals surface area contributed by atoms with Gasteiger partial charge in [-0.05, 0) is 43.4 Å². The fourth-order valence-corrected chi connectivity index (χ4v) is 7.82. The molecule has 4 fully saturated rings. The van der Waals surface area contributed by atoms with Crippen molar-refractivity contribution in [3.63, 3.8) is 0 Å². The molecule has 0 aromatic heterocycles. The van der Waals surface area contributed by atoms with E-state index in [0.29, 0.717) is 38.5 Å². The van der Waals surface area contributed by atoms with Crippen LogP contribution in [0.25, 0.3) is 0 Å². The number of carbonyl (C=O) groups excluding carboxylic acids is 5. The summed E-state index contributed by atoms with van der Waals surface area (Å²) < 4.78 is 5.63. The predicted octanol–water partition coefficient (Wildman–Crippen LogP) is 2.84. The quantitative estimate of drug-likeness (QED) is 0.370. The summed E-state index contributed by atoms with van der Waals surface area (Å²) in [5.74, 6) is -3.92. The van der Waals surface area contributed by atoms with E-state index in [1.54, 1.807) is 4.90 Å². The Labute approximate surface area is 237 Å². The van der Waals surface area contributed by atoms with Crippen LogP contribution in [0.2, 0.25) is 0 Å². The smallest absolute Gasteiger partial charge is 0.285 e. The molecule has 2 saturated heterocycles. The normalized spacial score (nSPS) is 28.5. The molecule has 4 aliphatic rings. The van der Waals surface area contributed by atoms with Crippen molar-refractivity contribution in [2.75, 3.05) is 19.8 Å². The van der Waals surface area contributed by atoms with Crippen LogP contribution in [0, 0.1) is 39.4 Å². The number of fused-ring (bicyclic) bond motifs is 1. The summed E-state index contributed by atoms with van der Waals surface area (Å²) in [5.41, 5.74) is 2.59. The third kappa shape index (κ3) is 4.85. The molecule has 0 aromatic carbocycles. The Morgan fingerprint density at radius 3 is 2.00 bits per heavy atom. The van der Waals surface area contributed by atoms with E-state index in [-0.39, 0.29) is 40.8 Å². The summed E-state index contributed by atoms with van der Waals surface area (Å²) in [7, 11) is 0. The molecule has 9 nitrogen and oxygen atoms in total. The van der Waals surface area contributed by atoms with Gasteiger partial charge in [0.2, 0.25) is 11.7 Å². The van der Waals surface area contributed by atoms with E-state index in [1.165, 1.54) is 13.8 Å². The zero-order valence-electron chi connectivity index (χ0n) is 25.3. The van der Waals surface area contributed by atoms with E-state index in [9.17, 15) is 29.1 Å². The Kier molecular flexibility index (Phi) is 7.71. The Morgan fingerprint density at radius 1 is 1.00 bits per heavy atom. The Bertz CT molecular complexity index is 1090. The van der Waals surface area contributed by atoms with Crippen LogP contribution in [-0.2, 0) is 28.7 Å². The fraction of sp³-hybridized carbons (Fsp3) is 0.839. The number of aliphatic hydroxyl groups is 1. The van der Waals surface area contributed by atoms with E-state index in [1.807, 2.05) is 20.8 Å². The van der Waals surface area contributed by atoms with Crippen molar-refractivity contribution in [3.05, 3.63) is 0 Å². The SMILES string of the molecule is CC(C)(O)C(=O)C[C@H](C(=O)N1C[C@]2(C[C@H]1C(=O)CC(CC1CCC1)C(=O)C(N)=O)C(C)(C)C21COC1)C(C)(C)C. The van der Waals surface area contributed by atoms with Crippen LogP contribution in [0.1, 0.15) is 93.4 Å². The summed E-state index contributed by atoms with van der Waals surface area (Å²) >= 11 is 0. The molecule has 2 amide bonds. The highest BCUT2D eigenvalue weighted by molar-refractivity contribution is 6.36. The zero-order valence-corrected chi connectivity index (χ0v) is 25.3. The van der Waals surface area contributed by atoms with Gasteiger partial charge in [0.1, 0.15) is 5.60 Å². The van der Waals surface area contributed by atoms with E-state index in [4.69, 9.17) is 10.5 Å². The lowest BCUT2D eigenvalue weighted by atomic mass is 9.75. The molecule has 2 spiro atoms. The number of ether oxygens (including phenoxy) is 1. The molecule has 2 saturated carbocycles. The van der Waals surface area contributed by atoms with E-state index < -0.39 is 46.4 Å². The number of Topliss-reactive ketones (excluding diaryl/α,β-unsaturated/α-hetero) is 3. The summed E-state index contributed by atoms with van der Waals surface area (Å²) in [4.78, 5) is 67.5.